The summed E-state index contributed by atoms with van der Waals surface area (Å²) in [6.45, 7) is 3.03. The fourth-order valence-electron chi connectivity index (χ4n) is 1.01. The van der Waals surface area contributed by atoms with Crippen LogP contribution in [0.4, 0.5) is 0 Å². The van der Waals surface area contributed by atoms with E-state index in [1.54, 1.807) is 6.92 Å². The van der Waals surface area contributed by atoms with Crippen molar-refractivity contribution in [1.82, 2.24) is 5.32 Å². The van der Waals surface area contributed by atoms with Crippen LogP contribution in [0.15, 0.2) is 0 Å². The molecule has 0 spiro atoms. The molecule has 13 heavy (non-hydrogen) atoms. The summed E-state index contributed by atoms with van der Waals surface area (Å²) in [4.78, 5) is 22.1. The molecule has 5 heteroatoms. The van der Waals surface area contributed by atoms with E-state index < -0.39 is 11.7 Å². The first-order valence-electron chi connectivity index (χ1n) is 3.94. The highest BCUT2D eigenvalue weighted by Gasteiger charge is 2.38. The van der Waals surface area contributed by atoms with Gasteiger partial charge in [0.1, 0.15) is 0 Å². The topological polar surface area (TPSA) is 64.6 Å². The molecule has 0 aliphatic heterocycles. The summed E-state index contributed by atoms with van der Waals surface area (Å²) in [5.41, 5.74) is -1.35. The lowest BCUT2D eigenvalue weighted by Gasteiger charge is -2.28. The molecule has 1 atom stereocenters. The van der Waals surface area contributed by atoms with E-state index in [0.717, 1.165) is 0 Å². The van der Waals surface area contributed by atoms with Crippen LogP contribution in [0.2, 0.25) is 0 Å². The maximum absolute atomic E-state index is 11.3. The van der Waals surface area contributed by atoms with Crippen LogP contribution in [0.5, 0.6) is 0 Å². The highest BCUT2D eigenvalue weighted by atomic mass is 16.6. The lowest BCUT2D eigenvalue weighted by atomic mass is 10.1. The van der Waals surface area contributed by atoms with Crippen LogP contribution in [0.3, 0.4) is 0 Å². The quantitative estimate of drug-likeness (QED) is 0.501. The largest absolute Gasteiger partial charge is 0.465 e. The Hall–Kier alpha value is -1.10. The van der Waals surface area contributed by atoms with Crippen molar-refractivity contribution in [3.05, 3.63) is 0 Å². The van der Waals surface area contributed by atoms with E-state index >= 15 is 0 Å². The molecule has 0 aromatic heterocycles. The van der Waals surface area contributed by atoms with Gasteiger partial charge in [-0.15, -0.1) is 0 Å². The molecule has 1 unspecified atom stereocenters. The number of hydrogen-bond donors (Lipinski definition) is 1. The third-order valence-corrected chi connectivity index (χ3v) is 1.74. The van der Waals surface area contributed by atoms with E-state index in [2.05, 4.69) is 10.1 Å². The fourth-order valence-corrected chi connectivity index (χ4v) is 1.01. The van der Waals surface area contributed by atoms with Crippen molar-refractivity contribution in [2.24, 2.45) is 0 Å². The number of rotatable bonds is 4. The summed E-state index contributed by atoms with van der Waals surface area (Å²) in [5, 5.41) is 2.41. The molecule has 1 N–H and O–H groups in total. The maximum atomic E-state index is 11.3. The van der Waals surface area contributed by atoms with E-state index in [9.17, 15) is 9.59 Å². The van der Waals surface area contributed by atoms with Gasteiger partial charge in [-0.1, -0.05) is 6.92 Å². The van der Waals surface area contributed by atoms with Crippen LogP contribution in [-0.2, 0) is 19.1 Å². The van der Waals surface area contributed by atoms with Gasteiger partial charge in [0.25, 0.3) is 0 Å². The molecule has 0 aromatic rings. The van der Waals surface area contributed by atoms with Gasteiger partial charge in [-0.05, 0) is 0 Å². The van der Waals surface area contributed by atoms with Crippen LogP contribution >= 0.6 is 0 Å². The summed E-state index contributed by atoms with van der Waals surface area (Å²) in [7, 11) is 2.59. The Morgan fingerprint density at radius 3 is 2.15 bits per heavy atom. The molecule has 0 fully saturated rings. The number of nitrogens with one attached hydrogen (secondary N) is 1. The first kappa shape index (κ1) is 11.9. The van der Waals surface area contributed by atoms with Gasteiger partial charge in [-0.25, -0.2) is 4.79 Å². The van der Waals surface area contributed by atoms with Crippen LogP contribution in [-0.4, -0.2) is 31.8 Å². The molecule has 0 saturated heterocycles. The summed E-state index contributed by atoms with van der Waals surface area (Å²) in [5.74, 6) is -0.943. The van der Waals surface area contributed by atoms with E-state index in [4.69, 9.17) is 4.74 Å². The third kappa shape index (κ3) is 2.69. The van der Waals surface area contributed by atoms with Gasteiger partial charge in [0.2, 0.25) is 11.6 Å². The minimum Gasteiger partial charge on any atom is -0.465 e. The lowest BCUT2D eigenvalue weighted by Crippen LogP contribution is -2.55. The molecule has 0 aliphatic carbocycles. The average molecular weight is 189 g/mol. The van der Waals surface area contributed by atoms with Crippen LogP contribution in [0.1, 0.15) is 20.3 Å². The molecule has 0 aromatic carbocycles. The third-order valence-electron chi connectivity index (χ3n) is 1.74. The normalized spacial score (nSPS) is 14.5. The van der Waals surface area contributed by atoms with Crippen molar-refractivity contribution < 1.29 is 19.1 Å². The average Bonchev–Trinajstić information content (AvgIpc) is 2.12. The molecule has 0 saturated carbocycles. The molecule has 1 amide bonds. The zero-order chi connectivity index (χ0) is 10.5. The molecular formula is C8H15NO4. The summed E-state index contributed by atoms with van der Waals surface area (Å²) in [6, 6.07) is 0. The molecular weight excluding hydrogens is 174 g/mol. The van der Waals surface area contributed by atoms with Crippen molar-refractivity contribution in [2.75, 3.05) is 14.2 Å². The summed E-state index contributed by atoms with van der Waals surface area (Å²) in [6.07, 6.45) is 0.315. The lowest BCUT2D eigenvalue weighted by molar-refractivity contribution is -0.173. The Morgan fingerprint density at radius 2 is 1.92 bits per heavy atom. The second-order valence-electron chi connectivity index (χ2n) is 2.56. The number of methoxy groups -OCH3 is 2. The Kier molecular flexibility index (Phi) is 4.40. The van der Waals surface area contributed by atoms with Crippen LogP contribution < -0.4 is 5.32 Å². The van der Waals surface area contributed by atoms with Crippen molar-refractivity contribution >= 4 is 11.9 Å². The molecule has 0 radical (unpaired) electrons. The molecule has 0 rings (SSSR count). The summed E-state index contributed by atoms with van der Waals surface area (Å²) >= 11 is 0. The fraction of sp³-hybridized carbons (Fsp3) is 0.750. The smallest absolute Gasteiger partial charge is 0.359 e. The van der Waals surface area contributed by atoms with Crippen molar-refractivity contribution in [3.8, 4) is 0 Å². The summed E-state index contributed by atoms with van der Waals surface area (Å²) < 4.78 is 9.46. The number of amides is 1. The molecule has 0 aliphatic rings. The van der Waals surface area contributed by atoms with Gasteiger partial charge in [-0.3, -0.25) is 4.79 Å². The second-order valence-corrected chi connectivity index (χ2v) is 2.56. The molecule has 0 bridgehead atoms. The predicted molar refractivity (Wildman–Crippen MR) is 45.9 cm³/mol. The molecule has 0 heterocycles. The van der Waals surface area contributed by atoms with E-state index in [1.165, 1.54) is 21.1 Å². The monoisotopic (exact) mass is 189 g/mol. The van der Waals surface area contributed by atoms with E-state index in [0.29, 0.717) is 6.42 Å². The Balaban J connectivity index is 4.68. The highest BCUT2D eigenvalue weighted by Crippen LogP contribution is 2.12. The zero-order valence-corrected chi connectivity index (χ0v) is 8.34. The standard InChI is InChI=1S/C8H15NO4/c1-5-8(13-4,7(11)12-3)9-6(2)10/h5H2,1-4H3,(H,9,10). The van der Waals surface area contributed by atoms with Gasteiger partial charge in [0.15, 0.2) is 0 Å². The second kappa shape index (κ2) is 4.81. The predicted octanol–water partition coefficient (Wildman–Crippen LogP) is 0.0482. The van der Waals surface area contributed by atoms with Crippen molar-refractivity contribution in [1.29, 1.82) is 0 Å². The number of carbonyl (C=O) groups is 2. The highest BCUT2D eigenvalue weighted by molar-refractivity contribution is 5.85. The van der Waals surface area contributed by atoms with E-state index in [1.807, 2.05) is 0 Å². The Morgan fingerprint density at radius 1 is 1.38 bits per heavy atom. The van der Waals surface area contributed by atoms with Gasteiger partial charge >= 0.3 is 5.97 Å². The first-order valence-corrected chi connectivity index (χ1v) is 3.94. The van der Waals surface area contributed by atoms with Gasteiger partial charge in [-0.2, -0.15) is 0 Å². The molecule has 76 valence electrons. The first-order chi connectivity index (χ1) is 6.02. The number of esters is 1. The minimum atomic E-state index is -1.35. The van der Waals surface area contributed by atoms with Crippen molar-refractivity contribution in [3.63, 3.8) is 0 Å². The molecule has 5 nitrogen and oxygen atoms in total. The van der Waals surface area contributed by atoms with E-state index in [-0.39, 0.29) is 5.91 Å². The number of carbonyl (C=O) groups excluding carboxylic acids is 2. The zero-order valence-electron chi connectivity index (χ0n) is 8.34. The van der Waals surface area contributed by atoms with Crippen molar-refractivity contribution in [2.45, 2.75) is 26.0 Å². The Bertz CT molecular complexity index is 198. The number of hydrogen-bond acceptors (Lipinski definition) is 4. The minimum absolute atomic E-state index is 0.315. The maximum Gasteiger partial charge on any atom is 0.359 e. The van der Waals surface area contributed by atoms with Crippen LogP contribution in [0.25, 0.3) is 0 Å². The SMILES string of the molecule is CCC(NC(C)=O)(OC)C(=O)OC. The van der Waals surface area contributed by atoms with Gasteiger partial charge < -0.3 is 14.8 Å². The Labute approximate surface area is 77.4 Å². The van der Waals surface area contributed by atoms with Gasteiger partial charge in [0, 0.05) is 20.5 Å². The number of ether oxygens (including phenoxy) is 2. The van der Waals surface area contributed by atoms with Crippen LogP contribution in [0, 0.1) is 0 Å². The van der Waals surface area contributed by atoms with Gasteiger partial charge in [0.05, 0.1) is 7.11 Å².